The van der Waals surface area contributed by atoms with Gasteiger partial charge in [-0.3, -0.25) is 23.3 Å². The van der Waals surface area contributed by atoms with Crippen molar-refractivity contribution in [3.05, 3.63) is 45.1 Å². The van der Waals surface area contributed by atoms with Crippen molar-refractivity contribution in [3.8, 4) is 11.8 Å². The molecule has 1 aliphatic rings. The largest absolute Gasteiger partial charge is 0.425 e. The van der Waals surface area contributed by atoms with Gasteiger partial charge in [-0.15, -0.1) is 0 Å². The molecule has 0 saturated carbocycles. The molecule has 31 heavy (non-hydrogen) atoms. The van der Waals surface area contributed by atoms with Crippen LogP contribution in [0.4, 0.5) is 5.69 Å². The van der Waals surface area contributed by atoms with Gasteiger partial charge in [0.2, 0.25) is 5.91 Å². The van der Waals surface area contributed by atoms with Gasteiger partial charge in [0.25, 0.3) is 5.56 Å². The molecule has 0 atom stereocenters. The van der Waals surface area contributed by atoms with E-state index in [0.29, 0.717) is 35.8 Å². The van der Waals surface area contributed by atoms with Crippen LogP contribution in [0.15, 0.2) is 33.9 Å². The Hall–Kier alpha value is -3.36. The molecule has 2 aromatic heterocycles. The summed E-state index contributed by atoms with van der Waals surface area (Å²) in [6, 6.07) is 7.51. The van der Waals surface area contributed by atoms with Gasteiger partial charge in [-0.1, -0.05) is 13.8 Å². The quantitative estimate of drug-likeness (QED) is 0.605. The normalized spacial score (nSPS) is 14.2. The van der Waals surface area contributed by atoms with E-state index in [0.717, 1.165) is 29.6 Å². The standard InChI is InChI=1S/C22H27N5O4/c1-14(2)11-13-27-18-19(24(3)22(30)25(4)20(18)29)23-21(27)31-16-9-7-15(8-10-16)26-12-5-6-17(26)28/h7-10,14H,5-6,11-13H2,1-4H3. The fraction of sp³-hybridized carbons (Fsp3) is 0.455. The number of hydrogen-bond donors (Lipinski definition) is 0. The summed E-state index contributed by atoms with van der Waals surface area (Å²) in [6.45, 7) is 5.47. The van der Waals surface area contributed by atoms with E-state index >= 15 is 0 Å². The summed E-state index contributed by atoms with van der Waals surface area (Å²) in [5.41, 5.74) is 0.648. The van der Waals surface area contributed by atoms with Gasteiger partial charge in [0, 0.05) is 39.3 Å². The maximum absolute atomic E-state index is 12.9. The fourth-order valence-electron chi connectivity index (χ4n) is 3.82. The second kappa shape index (κ2) is 8.05. The minimum atomic E-state index is -0.433. The first-order valence-corrected chi connectivity index (χ1v) is 10.5. The summed E-state index contributed by atoms with van der Waals surface area (Å²) in [5.74, 6) is 1.08. The monoisotopic (exact) mass is 425 g/mol. The van der Waals surface area contributed by atoms with Crippen LogP contribution in [-0.2, 0) is 25.4 Å². The molecular formula is C22H27N5O4. The van der Waals surface area contributed by atoms with E-state index in [4.69, 9.17) is 4.74 Å². The van der Waals surface area contributed by atoms with Crippen LogP contribution >= 0.6 is 0 Å². The van der Waals surface area contributed by atoms with E-state index in [1.54, 1.807) is 28.6 Å². The number of hydrogen-bond acceptors (Lipinski definition) is 5. The first-order chi connectivity index (χ1) is 14.8. The van der Waals surface area contributed by atoms with Crippen molar-refractivity contribution in [1.29, 1.82) is 0 Å². The van der Waals surface area contributed by atoms with Crippen molar-refractivity contribution < 1.29 is 9.53 Å². The summed E-state index contributed by atoms with van der Waals surface area (Å²) < 4.78 is 10.2. The molecule has 1 aliphatic heterocycles. The molecule has 9 heteroatoms. The van der Waals surface area contributed by atoms with Gasteiger partial charge in [0.05, 0.1) is 0 Å². The Kier molecular flexibility index (Phi) is 5.43. The van der Waals surface area contributed by atoms with E-state index in [2.05, 4.69) is 18.8 Å². The van der Waals surface area contributed by atoms with Crippen LogP contribution in [0.25, 0.3) is 11.2 Å². The Balaban J connectivity index is 1.74. The Morgan fingerprint density at radius 1 is 1.06 bits per heavy atom. The van der Waals surface area contributed by atoms with Crippen molar-refractivity contribution in [3.63, 3.8) is 0 Å². The molecule has 0 spiro atoms. The molecule has 4 rings (SSSR count). The number of fused-ring (bicyclic) bond motifs is 1. The summed E-state index contributed by atoms with van der Waals surface area (Å²) in [5, 5.41) is 0. The molecule has 0 bridgehead atoms. The molecule has 164 valence electrons. The molecule has 0 aliphatic carbocycles. The van der Waals surface area contributed by atoms with Crippen molar-refractivity contribution >= 4 is 22.8 Å². The Labute approximate surface area is 179 Å². The SMILES string of the molecule is CC(C)CCn1c(Oc2ccc(N3CCCC3=O)cc2)nc2c1c(=O)n(C)c(=O)n2C. The predicted molar refractivity (Wildman–Crippen MR) is 118 cm³/mol. The highest BCUT2D eigenvalue weighted by Gasteiger charge is 2.23. The molecule has 1 fully saturated rings. The van der Waals surface area contributed by atoms with Crippen molar-refractivity contribution in [2.24, 2.45) is 20.0 Å². The summed E-state index contributed by atoms with van der Waals surface area (Å²) >= 11 is 0. The molecule has 3 heterocycles. The first-order valence-electron chi connectivity index (χ1n) is 10.5. The number of anilines is 1. The lowest BCUT2D eigenvalue weighted by Gasteiger charge is -2.16. The third kappa shape index (κ3) is 3.75. The van der Waals surface area contributed by atoms with Crippen molar-refractivity contribution in [1.82, 2.24) is 18.7 Å². The molecule has 0 unspecified atom stereocenters. The van der Waals surface area contributed by atoms with Crippen LogP contribution in [0, 0.1) is 5.92 Å². The fourth-order valence-corrected chi connectivity index (χ4v) is 3.82. The molecular weight excluding hydrogens is 398 g/mol. The minimum Gasteiger partial charge on any atom is -0.425 e. The minimum absolute atomic E-state index is 0.126. The molecule has 9 nitrogen and oxygen atoms in total. The van der Waals surface area contributed by atoms with Gasteiger partial charge >= 0.3 is 11.7 Å². The number of aromatic nitrogens is 4. The van der Waals surface area contributed by atoms with Gasteiger partial charge in [0.1, 0.15) is 5.75 Å². The zero-order valence-corrected chi connectivity index (χ0v) is 18.3. The number of amides is 1. The number of carbonyl (C=O) groups excluding carboxylic acids is 1. The van der Waals surface area contributed by atoms with E-state index in [1.807, 2.05) is 12.1 Å². The Morgan fingerprint density at radius 2 is 1.77 bits per heavy atom. The smallest absolute Gasteiger partial charge is 0.332 e. The highest BCUT2D eigenvalue weighted by Crippen LogP contribution is 2.28. The first kappa shape index (κ1) is 20.9. The van der Waals surface area contributed by atoms with E-state index in [9.17, 15) is 14.4 Å². The number of aryl methyl sites for hydroxylation is 2. The van der Waals surface area contributed by atoms with E-state index in [1.165, 1.54) is 11.6 Å². The zero-order chi connectivity index (χ0) is 22.3. The molecule has 1 saturated heterocycles. The van der Waals surface area contributed by atoms with Crippen LogP contribution in [0.3, 0.4) is 0 Å². The highest BCUT2D eigenvalue weighted by molar-refractivity contribution is 5.95. The van der Waals surface area contributed by atoms with Gasteiger partial charge in [-0.05, 0) is 43.0 Å². The summed E-state index contributed by atoms with van der Waals surface area (Å²) in [7, 11) is 3.05. The molecule has 1 aromatic carbocycles. The number of ether oxygens (including phenoxy) is 1. The van der Waals surface area contributed by atoms with E-state index in [-0.39, 0.29) is 11.9 Å². The van der Waals surface area contributed by atoms with Crippen LogP contribution in [0.5, 0.6) is 11.8 Å². The lowest BCUT2D eigenvalue weighted by molar-refractivity contribution is -0.117. The van der Waals surface area contributed by atoms with Crippen LogP contribution in [0.2, 0.25) is 0 Å². The highest BCUT2D eigenvalue weighted by atomic mass is 16.5. The van der Waals surface area contributed by atoms with Gasteiger partial charge in [-0.25, -0.2) is 4.79 Å². The van der Waals surface area contributed by atoms with E-state index < -0.39 is 11.2 Å². The average molecular weight is 425 g/mol. The van der Waals surface area contributed by atoms with Gasteiger partial charge < -0.3 is 9.64 Å². The summed E-state index contributed by atoms with van der Waals surface area (Å²) in [4.78, 5) is 43.4. The number of rotatable bonds is 6. The number of carbonyl (C=O) groups is 1. The average Bonchev–Trinajstić information content (AvgIpc) is 3.33. The molecule has 0 N–H and O–H groups in total. The Bertz CT molecular complexity index is 1250. The van der Waals surface area contributed by atoms with Crippen molar-refractivity contribution in [2.45, 2.75) is 39.7 Å². The lowest BCUT2D eigenvalue weighted by Crippen LogP contribution is -2.37. The maximum Gasteiger partial charge on any atom is 0.332 e. The third-order valence-corrected chi connectivity index (χ3v) is 5.67. The Morgan fingerprint density at radius 3 is 2.39 bits per heavy atom. The van der Waals surface area contributed by atoms with Gasteiger partial charge in [-0.2, -0.15) is 4.98 Å². The molecule has 0 radical (unpaired) electrons. The number of benzene rings is 1. The molecule has 3 aromatic rings. The van der Waals surface area contributed by atoms with Crippen LogP contribution in [0.1, 0.15) is 33.1 Å². The van der Waals surface area contributed by atoms with Gasteiger partial charge in [0.15, 0.2) is 11.2 Å². The second-order valence-corrected chi connectivity index (χ2v) is 8.35. The predicted octanol–water partition coefficient (Wildman–Crippen LogP) is 2.40. The van der Waals surface area contributed by atoms with Crippen molar-refractivity contribution in [2.75, 3.05) is 11.4 Å². The third-order valence-electron chi connectivity index (χ3n) is 5.67. The van der Waals surface area contributed by atoms with Crippen LogP contribution < -0.4 is 20.9 Å². The molecule has 1 amide bonds. The zero-order valence-electron chi connectivity index (χ0n) is 18.3. The number of imidazole rings is 1. The summed E-state index contributed by atoms with van der Waals surface area (Å²) in [6.07, 6.45) is 2.26. The van der Waals surface area contributed by atoms with Crippen LogP contribution in [-0.4, -0.2) is 31.1 Å². The lowest BCUT2D eigenvalue weighted by atomic mass is 10.1. The number of nitrogens with zero attached hydrogens (tertiary/aromatic N) is 5. The topological polar surface area (TPSA) is 91.4 Å². The maximum atomic E-state index is 12.9. The second-order valence-electron chi connectivity index (χ2n) is 8.35.